The molecule has 0 aromatic carbocycles. The van der Waals surface area contributed by atoms with Crippen LogP contribution in [0.3, 0.4) is 0 Å². The number of aryl methyl sites for hydroxylation is 1. The summed E-state index contributed by atoms with van der Waals surface area (Å²) in [4.78, 5) is 21.9. The fraction of sp³-hybridized carbons (Fsp3) is 0.417. The molecule has 0 aliphatic rings. The van der Waals surface area contributed by atoms with Crippen LogP contribution in [0.5, 0.6) is 0 Å². The van der Waals surface area contributed by atoms with E-state index in [-0.39, 0.29) is 19.7 Å². The first-order chi connectivity index (χ1) is 8.95. The maximum atomic E-state index is 11.3. The number of carboxylic acids is 1. The molecule has 0 bridgehead atoms. The normalized spacial score (nSPS) is 10.0. The summed E-state index contributed by atoms with van der Waals surface area (Å²) in [5.74, 6) is -0.962. The standard InChI is InChI=1S/C12H17N3O4/c1-4-5-19-12(18)13-6-10-8(2)14-15(9(10)3)7-11(16)17/h4H,1,5-7H2,2-3H3,(H,13,18)(H,16,17). The summed E-state index contributed by atoms with van der Waals surface area (Å²) in [5.41, 5.74) is 2.18. The number of carboxylic acid groups (broad SMARTS) is 1. The second-order valence-electron chi connectivity index (χ2n) is 3.94. The number of aromatic nitrogens is 2. The Morgan fingerprint density at radius 3 is 2.79 bits per heavy atom. The van der Waals surface area contributed by atoms with Crippen molar-refractivity contribution in [2.75, 3.05) is 6.61 Å². The summed E-state index contributed by atoms with van der Waals surface area (Å²) in [6, 6.07) is 0. The first-order valence-corrected chi connectivity index (χ1v) is 5.72. The van der Waals surface area contributed by atoms with Crippen LogP contribution in [0.1, 0.15) is 17.0 Å². The third kappa shape index (κ3) is 4.13. The van der Waals surface area contributed by atoms with Crippen LogP contribution in [-0.4, -0.2) is 33.6 Å². The molecule has 7 nitrogen and oxygen atoms in total. The molecule has 0 fully saturated rings. The summed E-state index contributed by atoms with van der Waals surface area (Å²) >= 11 is 0. The van der Waals surface area contributed by atoms with Crippen molar-refractivity contribution in [2.45, 2.75) is 26.9 Å². The molecule has 0 saturated carbocycles. The minimum absolute atomic E-state index is 0.141. The number of aliphatic carboxylic acids is 1. The Morgan fingerprint density at radius 2 is 2.21 bits per heavy atom. The number of carbonyl (C=O) groups is 2. The van der Waals surface area contributed by atoms with Crippen molar-refractivity contribution in [1.29, 1.82) is 0 Å². The van der Waals surface area contributed by atoms with E-state index in [1.165, 1.54) is 10.8 Å². The van der Waals surface area contributed by atoms with Crippen molar-refractivity contribution in [3.05, 3.63) is 29.6 Å². The molecule has 1 rings (SSSR count). The average molecular weight is 267 g/mol. The van der Waals surface area contributed by atoms with Crippen LogP contribution in [-0.2, 0) is 22.6 Å². The van der Waals surface area contributed by atoms with E-state index in [0.29, 0.717) is 11.4 Å². The number of ether oxygens (including phenoxy) is 1. The highest BCUT2D eigenvalue weighted by atomic mass is 16.5. The maximum absolute atomic E-state index is 11.3. The molecule has 0 aliphatic heterocycles. The number of rotatable bonds is 6. The number of carbonyl (C=O) groups excluding carboxylic acids is 1. The van der Waals surface area contributed by atoms with E-state index in [1.54, 1.807) is 13.8 Å². The van der Waals surface area contributed by atoms with Gasteiger partial charge in [-0.1, -0.05) is 12.7 Å². The molecule has 2 N–H and O–H groups in total. The van der Waals surface area contributed by atoms with Gasteiger partial charge in [-0.15, -0.1) is 0 Å². The van der Waals surface area contributed by atoms with E-state index in [0.717, 1.165) is 5.56 Å². The largest absolute Gasteiger partial charge is 0.480 e. The van der Waals surface area contributed by atoms with Crippen LogP contribution in [0.4, 0.5) is 4.79 Å². The van der Waals surface area contributed by atoms with Gasteiger partial charge in [-0.2, -0.15) is 5.10 Å². The number of nitrogens with one attached hydrogen (secondary N) is 1. The Balaban J connectivity index is 2.68. The Labute approximate surface area is 110 Å². The Bertz CT molecular complexity index is 493. The Hall–Kier alpha value is -2.31. The Kier molecular flexibility index (Phi) is 5.11. The summed E-state index contributed by atoms with van der Waals surface area (Å²) < 4.78 is 6.17. The molecular formula is C12H17N3O4. The SMILES string of the molecule is C=CCOC(=O)NCc1c(C)nn(CC(=O)O)c1C. The van der Waals surface area contributed by atoms with Gasteiger partial charge in [-0.05, 0) is 13.8 Å². The van der Waals surface area contributed by atoms with E-state index in [1.807, 2.05) is 0 Å². The lowest BCUT2D eigenvalue weighted by atomic mass is 10.2. The van der Waals surface area contributed by atoms with E-state index >= 15 is 0 Å². The number of amides is 1. The second-order valence-corrected chi connectivity index (χ2v) is 3.94. The highest BCUT2D eigenvalue weighted by Crippen LogP contribution is 2.12. The highest BCUT2D eigenvalue weighted by molar-refractivity contribution is 5.67. The number of nitrogens with zero attached hydrogens (tertiary/aromatic N) is 2. The van der Waals surface area contributed by atoms with Gasteiger partial charge in [-0.25, -0.2) is 4.79 Å². The van der Waals surface area contributed by atoms with Gasteiger partial charge in [0.1, 0.15) is 13.2 Å². The minimum atomic E-state index is -0.962. The molecule has 104 valence electrons. The second kappa shape index (κ2) is 6.58. The molecule has 0 saturated heterocycles. The van der Waals surface area contributed by atoms with Gasteiger partial charge in [0, 0.05) is 17.8 Å². The summed E-state index contributed by atoms with van der Waals surface area (Å²) in [6.07, 6.45) is 0.922. The summed E-state index contributed by atoms with van der Waals surface area (Å²) in [7, 11) is 0. The molecule has 19 heavy (non-hydrogen) atoms. The van der Waals surface area contributed by atoms with E-state index in [9.17, 15) is 9.59 Å². The molecule has 1 aromatic heterocycles. The van der Waals surface area contributed by atoms with Gasteiger partial charge < -0.3 is 15.2 Å². The van der Waals surface area contributed by atoms with Gasteiger partial charge in [0.05, 0.1) is 5.69 Å². The number of alkyl carbamates (subject to hydrolysis) is 1. The van der Waals surface area contributed by atoms with Crippen LogP contribution in [0.15, 0.2) is 12.7 Å². The molecule has 0 aliphatic carbocycles. The molecule has 1 amide bonds. The van der Waals surface area contributed by atoms with Gasteiger partial charge in [0.25, 0.3) is 0 Å². The molecule has 7 heteroatoms. The third-order valence-corrected chi connectivity index (χ3v) is 2.56. The first kappa shape index (κ1) is 14.7. The predicted octanol–water partition coefficient (Wildman–Crippen LogP) is 0.997. The zero-order valence-corrected chi connectivity index (χ0v) is 11.0. The fourth-order valence-electron chi connectivity index (χ4n) is 1.62. The van der Waals surface area contributed by atoms with Crippen LogP contribution < -0.4 is 5.32 Å². The minimum Gasteiger partial charge on any atom is -0.480 e. The molecule has 1 aromatic rings. The van der Waals surface area contributed by atoms with Gasteiger partial charge >= 0.3 is 12.1 Å². The molecule has 0 spiro atoms. The zero-order chi connectivity index (χ0) is 14.4. The van der Waals surface area contributed by atoms with Crippen molar-refractivity contribution in [2.24, 2.45) is 0 Å². The predicted molar refractivity (Wildman–Crippen MR) is 67.7 cm³/mol. The lowest BCUT2D eigenvalue weighted by molar-refractivity contribution is -0.137. The quantitative estimate of drug-likeness (QED) is 0.750. The molecule has 0 unspecified atom stereocenters. The monoisotopic (exact) mass is 267 g/mol. The number of hydrogen-bond acceptors (Lipinski definition) is 4. The third-order valence-electron chi connectivity index (χ3n) is 2.56. The van der Waals surface area contributed by atoms with Crippen LogP contribution in [0.25, 0.3) is 0 Å². The van der Waals surface area contributed by atoms with Crippen molar-refractivity contribution >= 4 is 12.1 Å². The lowest BCUT2D eigenvalue weighted by Crippen LogP contribution is -2.24. The van der Waals surface area contributed by atoms with E-state index in [4.69, 9.17) is 9.84 Å². The van der Waals surface area contributed by atoms with E-state index in [2.05, 4.69) is 17.0 Å². The molecule has 0 atom stereocenters. The van der Waals surface area contributed by atoms with Crippen molar-refractivity contribution in [3.63, 3.8) is 0 Å². The summed E-state index contributed by atoms with van der Waals surface area (Å²) in [6.45, 7) is 7.14. The van der Waals surface area contributed by atoms with E-state index < -0.39 is 12.1 Å². The number of hydrogen-bond donors (Lipinski definition) is 2. The van der Waals surface area contributed by atoms with Crippen LogP contribution in [0.2, 0.25) is 0 Å². The molecule has 1 heterocycles. The first-order valence-electron chi connectivity index (χ1n) is 5.72. The van der Waals surface area contributed by atoms with Crippen molar-refractivity contribution in [1.82, 2.24) is 15.1 Å². The maximum Gasteiger partial charge on any atom is 0.407 e. The molecule has 0 radical (unpaired) electrons. The lowest BCUT2D eigenvalue weighted by Gasteiger charge is -2.06. The van der Waals surface area contributed by atoms with Gasteiger partial charge in [0.15, 0.2) is 0 Å². The zero-order valence-electron chi connectivity index (χ0n) is 11.0. The van der Waals surface area contributed by atoms with Crippen LogP contribution >= 0.6 is 0 Å². The van der Waals surface area contributed by atoms with Gasteiger partial charge in [0.2, 0.25) is 0 Å². The average Bonchev–Trinajstić information content (AvgIpc) is 2.59. The molecular weight excluding hydrogens is 250 g/mol. The van der Waals surface area contributed by atoms with Crippen LogP contribution in [0, 0.1) is 13.8 Å². The van der Waals surface area contributed by atoms with Crippen molar-refractivity contribution in [3.8, 4) is 0 Å². The smallest absolute Gasteiger partial charge is 0.407 e. The fourth-order valence-corrected chi connectivity index (χ4v) is 1.62. The topological polar surface area (TPSA) is 93.5 Å². The Morgan fingerprint density at radius 1 is 1.53 bits per heavy atom. The van der Waals surface area contributed by atoms with Gasteiger partial charge in [-0.3, -0.25) is 9.48 Å². The van der Waals surface area contributed by atoms with Crippen molar-refractivity contribution < 1.29 is 19.4 Å². The summed E-state index contributed by atoms with van der Waals surface area (Å²) in [5, 5.41) is 15.4. The highest BCUT2D eigenvalue weighted by Gasteiger charge is 2.14.